The Bertz CT molecular complexity index is 1620. The SMILES string of the molecule is CCC(Sc1cccc(NC(=O)/C(=C/c2ccccc2C)NC(=O)c2ccccc2)c1)C(=O)Nc1cc(C)ccc1C. The minimum atomic E-state index is -0.454. The third-order valence-electron chi connectivity index (χ3n) is 6.70. The van der Waals surface area contributed by atoms with Crippen LogP contribution in [-0.2, 0) is 9.59 Å². The van der Waals surface area contributed by atoms with E-state index in [9.17, 15) is 14.4 Å². The van der Waals surface area contributed by atoms with Crippen LogP contribution in [0.4, 0.5) is 11.4 Å². The fourth-order valence-corrected chi connectivity index (χ4v) is 5.28. The second kappa shape index (κ2) is 14.3. The van der Waals surface area contributed by atoms with E-state index < -0.39 is 5.91 Å². The Labute approximate surface area is 251 Å². The molecule has 42 heavy (non-hydrogen) atoms. The second-order valence-corrected chi connectivity index (χ2v) is 11.3. The average Bonchev–Trinajstić information content (AvgIpc) is 2.99. The number of hydrogen-bond donors (Lipinski definition) is 3. The van der Waals surface area contributed by atoms with Crippen LogP contribution in [0.15, 0.2) is 108 Å². The highest BCUT2D eigenvalue weighted by Gasteiger charge is 2.20. The van der Waals surface area contributed by atoms with Crippen LogP contribution in [0.1, 0.15) is 46.0 Å². The number of carbonyl (C=O) groups is 3. The first-order chi connectivity index (χ1) is 20.2. The largest absolute Gasteiger partial charge is 0.325 e. The van der Waals surface area contributed by atoms with Crippen LogP contribution in [-0.4, -0.2) is 23.0 Å². The summed E-state index contributed by atoms with van der Waals surface area (Å²) in [4.78, 5) is 40.4. The van der Waals surface area contributed by atoms with E-state index >= 15 is 0 Å². The fourth-order valence-electron chi connectivity index (χ4n) is 4.26. The van der Waals surface area contributed by atoms with Gasteiger partial charge in [0, 0.05) is 21.8 Å². The van der Waals surface area contributed by atoms with Gasteiger partial charge in [-0.05, 0) is 91.9 Å². The summed E-state index contributed by atoms with van der Waals surface area (Å²) < 4.78 is 0. The minimum absolute atomic E-state index is 0.0716. The molecule has 0 heterocycles. The third-order valence-corrected chi connectivity index (χ3v) is 8.06. The summed E-state index contributed by atoms with van der Waals surface area (Å²) in [6, 6.07) is 29.8. The summed E-state index contributed by atoms with van der Waals surface area (Å²) in [7, 11) is 0. The maximum absolute atomic E-state index is 13.5. The maximum atomic E-state index is 13.5. The minimum Gasteiger partial charge on any atom is -0.325 e. The first-order valence-electron chi connectivity index (χ1n) is 13.8. The zero-order chi connectivity index (χ0) is 30.1. The highest BCUT2D eigenvalue weighted by Crippen LogP contribution is 2.29. The zero-order valence-corrected chi connectivity index (χ0v) is 25.0. The van der Waals surface area contributed by atoms with Gasteiger partial charge in [0.2, 0.25) is 5.91 Å². The average molecular weight is 578 g/mol. The number of benzene rings is 4. The molecule has 214 valence electrons. The zero-order valence-electron chi connectivity index (χ0n) is 24.2. The molecule has 0 bridgehead atoms. The summed E-state index contributed by atoms with van der Waals surface area (Å²) in [5, 5.41) is 8.45. The molecule has 0 fully saturated rings. The third kappa shape index (κ3) is 8.21. The molecular formula is C35H35N3O3S. The van der Waals surface area contributed by atoms with Crippen LogP contribution >= 0.6 is 11.8 Å². The van der Waals surface area contributed by atoms with Crippen LogP contribution in [0.3, 0.4) is 0 Å². The van der Waals surface area contributed by atoms with Crippen molar-refractivity contribution in [3.8, 4) is 0 Å². The van der Waals surface area contributed by atoms with E-state index in [4.69, 9.17) is 0 Å². The summed E-state index contributed by atoms with van der Waals surface area (Å²) in [5.41, 5.74) is 5.81. The van der Waals surface area contributed by atoms with Crippen molar-refractivity contribution in [1.29, 1.82) is 0 Å². The molecule has 3 amide bonds. The summed E-state index contributed by atoms with van der Waals surface area (Å²) in [5.74, 6) is -0.905. The van der Waals surface area contributed by atoms with Gasteiger partial charge in [-0.2, -0.15) is 0 Å². The number of thioether (sulfide) groups is 1. The summed E-state index contributed by atoms with van der Waals surface area (Å²) in [6.07, 6.45) is 2.31. The highest BCUT2D eigenvalue weighted by atomic mass is 32.2. The number of rotatable bonds is 10. The van der Waals surface area contributed by atoms with E-state index in [1.807, 2.05) is 94.4 Å². The standard InChI is InChI=1S/C35H35N3O3S/c1-5-32(35(41)37-30-20-23(2)18-19-25(30)4)42-29-17-11-16-28(22-29)36-34(40)31(21-27-15-10-9-12-24(27)3)38-33(39)26-13-7-6-8-14-26/h6-22,32H,5H2,1-4H3,(H,36,40)(H,37,41)(H,38,39)/b31-21-. The second-order valence-electron chi connectivity index (χ2n) is 10.0. The van der Waals surface area contributed by atoms with Crippen molar-refractivity contribution < 1.29 is 14.4 Å². The van der Waals surface area contributed by atoms with Gasteiger partial charge in [0.05, 0.1) is 5.25 Å². The normalized spacial score (nSPS) is 11.9. The molecule has 0 aliphatic rings. The van der Waals surface area contributed by atoms with Crippen molar-refractivity contribution in [2.75, 3.05) is 10.6 Å². The molecule has 0 aromatic heterocycles. The number of amides is 3. The molecule has 0 saturated carbocycles. The first-order valence-corrected chi connectivity index (χ1v) is 14.7. The van der Waals surface area contributed by atoms with Gasteiger partial charge in [-0.25, -0.2) is 0 Å². The maximum Gasteiger partial charge on any atom is 0.272 e. The van der Waals surface area contributed by atoms with Crippen molar-refractivity contribution in [3.05, 3.63) is 131 Å². The van der Waals surface area contributed by atoms with Gasteiger partial charge in [0.25, 0.3) is 11.8 Å². The van der Waals surface area contributed by atoms with Gasteiger partial charge in [0.15, 0.2) is 0 Å². The lowest BCUT2D eigenvalue weighted by Gasteiger charge is -2.17. The predicted molar refractivity (Wildman–Crippen MR) is 173 cm³/mol. The Balaban J connectivity index is 1.51. The lowest BCUT2D eigenvalue weighted by Crippen LogP contribution is -2.30. The molecule has 0 aliphatic heterocycles. The van der Waals surface area contributed by atoms with Crippen molar-refractivity contribution in [2.24, 2.45) is 0 Å². The highest BCUT2D eigenvalue weighted by molar-refractivity contribution is 8.00. The Morgan fingerprint density at radius 3 is 2.26 bits per heavy atom. The van der Waals surface area contributed by atoms with Gasteiger partial charge in [-0.15, -0.1) is 11.8 Å². The molecule has 4 aromatic rings. The number of aryl methyl sites for hydroxylation is 3. The van der Waals surface area contributed by atoms with Crippen molar-refractivity contribution in [1.82, 2.24) is 5.32 Å². The van der Waals surface area contributed by atoms with Gasteiger partial charge in [-0.1, -0.05) is 67.6 Å². The quantitative estimate of drug-likeness (QED) is 0.134. The van der Waals surface area contributed by atoms with Crippen LogP contribution in [0, 0.1) is 20.8 Å². The monoisotopic (exact) mass is 577 g/mol. The van der Waals surface area contributed by atoms with Gasteiger partial charge < -0.3 is 16.0 Å². The lowest BCUT2D eigenvalue weighted by atomic mass is 10.1. The number of anilines is 2. The topological polar surface area (TPSA) is 87.3 Å². The number of nitrogens with one attached hydrogen (secondary N) is 3. The predicted octanol–water partition coefficient (Wildman–Crippen LogP) is 7.53. The van der Waals surface area contributed by atoms with E-state index in [0.717, 1.165) is 32.8 Å². The Morgan fingerprint density at radius 1 is 0.786 bits per heavy atom. The van der Waals surface area contributed by atoms with Crippen LogP contribution < -0.4 is 16.0 Å². The summed E-state index contributed by atoms with van der Waals surface area (Å²) in [6.45, 7) is 7.89. The van der Waals surface area contributed by atoms with E-state index in [1.165, 1.54) is 11.8 Å². The van der Waals surface area contributed by atoms with E-state index in [2.05, 4.69) is 16.0 Å². The summed E-state index contributed by atoms with van der Waals surface area (Å²) >= 11 is 1.44. The molecule has 0 spiro atoms. The van der Waals surface area contributed by atoms with Crippen LogP contribution in [0.25, 0.3) is 6.08 Å². The first kappa shape index (κ1) is 30.3. The molecule has 4 aromatic carbocycles. The van der Waals surface area contributed by atoms with E-state index in [0.29, 0.717) is 17.7 Å². The fraction of sp³-hybridized carbons (Fsp3) is 0.171. The van der Waals surface area contributed by atoms with Gasteiger partial charge in [0.1, 0.15) is 5.70 Å². The molecule has 6 nitrogen and oxygen atoms in total. The van der Waals surface area contributed by atoms with E-state index in [1.54, 1.807) is 36.4 Å². The molecular weight excluding hydrogens is 542 g/mol. The number of carbonyl (C=O) groups excluding carboxylic acids is 3. The molecule has 1 atom stereocenters. The van der Waals surface area contributed by atoms with Crippen LogP contribution in [0.2, 0.25) is 0 Å². The molecule has 7 heteroatoms. The Hall–Kier alpha value is -4.62. The molecule has 1 unspecified atom stereocenters. The Morgan fingerprint density at radius 2 is 1.52 bits per heavy atom. The molecule has 0 saturated heterocycles. The van der Waals surface area contributed by atoms with Gasteiger partial charge >= 0.3 is 0 Å². The Kier molecular flexibility index (Phi) is 10.3. The number of hydrogen-bond acceptors (Lipinski definition) is 4. The molecule has 0 aliphatic carbocycles. The lowest BCUT2D eigenvalue weighted by molar-refractivity contribution is -0.116. The van der Waals surface area contributed by atoms with Crippen molar-refractivity contribution in [3.63, 3.8) is 0 Å². The smallest absolute Gasteiger partial charge is 0.272 e. The van der Waals surface area contributed by atoms with E-state index in [-0.39, 0.29) is 22.8 Å². The molecule has 0 radical (unpaired) electrons. The molecule has 4 rings (SSSR count). The molecule has 3 N–H and O–H groups in total. The van der Waals surface area contributed by atoms with Crippen LogP contribution in [0.5, 0.6) is 0 Å². The van der Waals surface area contributed by atoms with Crippen molar-refractivity contribution >= 4 is 46.9 Å². The van der Waals surface area contributed by atoms with Gasteiger partial charge in [-0.3, -0.25) is 14.4 Å². The van der Waals surface area contributed by atoms with Crippen molar-refractivity contribution in [2.45, 2.75) is 44.3 Å².